The van der Waals surface area contributed by atoms with E-state index < -0.39 is 5.69 Å². The van der Waals surface area contributed by atoms with Gasteiger partial charge in [0, 0.05) is 10.9 Å². The van der Waals surface area contributed by atoms with Crippen LogP contribution in [0.25, 0.3) is 21.3 Å². The quantitative estimate of drug-likeness (QED) is 0.548. The first-order valence-corrected chi connectivity index (χ1v) is 10.2. The molecule has 0 aliphatic rings. The second-order valence-electron chi connectivity index (χ2n) is 7.26. The van der Waals surface area contributed by atoms with Gasteiger partial charge in [-0.3, -0.25) is 14.3 Å². The van der Waals surface area contributed by atoms with Crippen molar-refractivity contribution in [3.63, 3.8) is 0 Å². The van der Waals surface area contributed by atoms with Gasteiger partial charge in [0.25, 0.3) is 5.56 Å². The first kappa shape index (κ1) is 18.9. The Hall–Kier alpha value is -3.43. The Kier molecular flexibility index (Phi) is 4.91. The van der Waals surface area contributed by atoms with Crippen molar-refractivity contribution in [1.82, 2.24) is 9.55 Å². The molecular formula is C23H19N3O2S. The Morgan fingerprint density at radius 2 is 1.90 bits per heavy atom. The van der Waals surface area contributed by atoms with Crippen LogP contribution in [0, 0.1) is 11.3 Å². The van der Waals surface area contributed by atoms with Crippen molar-refractivity contribution in [2.45, 2.75) is 26.3 Å². The van der Waals surface area contributed by atoms with Gasteiger partial charge in [0.05, 0.1) is 23.6 Å². The molecule has 0 saturated heterocycles. The highest BCUT2D eigenvalue weighted by Gasteiger charge is 2.15. The number of aromatic amines is 1. The number of benzene rings is 2. The molecule has 0 radical (unpaired) electrons. The number of nitrogens with one attached hydrogen (secondary N) is 1. The molecule has 2 heterocycles. The molecule has 4 aromatic rings. The smallest absolute Gasteiger partial charge is 0.298 e. The number of nitrogens with zero attached hydrogens (tertiary/aromatic N) is 2. The fraction of sp³-hybridized carbons (Fsp3) is 0.174. The molecule has 0 aliphatic carbocycles. The van der Waals surface area contributed by atoms with Gasteiger partial charge in [0.1, 0.15) is 4.83 Å². The van der Waals surface area contributed by atoms with E-state index >= 15 is 0 Å². The van der Waals surface area contributed by atoms with Crippen molar-refractivity contribution in [1.29, 1.82) is 5.26 Å². The summed E-state index contributed by atoms with van der Waals surface area (Å²) in [4.78, 5) is 29.2. The third-order valence-electron chi connectivity index (χ3n) is 5.00. The maximum atomic E-state index is 13.2. The molecule has 2 aromatic carbocycles. The van der Waals surface area contributed by atoms with Gasteiger partial charge >= 0.3 is 5.69 Å². The number of hydrogen-bond acceptors (Lipinski definition) is 4. The van der Waals surface area contributed by atoms with Crippen LogP contribution in [0.1, 0.15) is 36.5 Å². The molecule has 0 fully saturated rings. The van der Waals surface area contributed by atoms with E-state index in [9.17, 15) is 9.59 Å². The van der Waals surface area contributed by atoms with Crippen LogP contribution in [0.5, 0.6) is 0 Å². The van der Waals surface area contributed by atoms with Gasteiger partial charge in [-0.1, -0.05) is 50.2 Å². The normalized spacial score (nSPS) is 11.1. The molecule has 0 unspecified atom stereocenters. The minimum atomic E-state index is -0.451. The van der Waals surface area contributed by atoms with Crippen LogP contribution in [0.2, 0.25) is 0 Å². The molecule has 0 bridgehead atoms. The molecule has 2 aromatic heterocycles. The number of fused-ring (bicyclic) bond motifs is 1. The van der Waals surface area contributed by atoms with E-state index in [0.717, 1.165) is 16.7 Å². The third kappa shape index (κ3) is 3.53. The van der Waals surface area contributed by atoms with Crippen LogP contribution in [-0.2, 0) is 6.54 Å². The molecule has 5 nitrogen and oxygen atoms in total. The van der Waals surface area contributed by atoms with Gasteiger partial charge in [-0.05, 0) is 34.7 Å². The van der Waals surface area contributed by atoms with E-state index in [1.54, 1.807) is 24.3 Å². The molecule has 0 atom stereocenters. The zero-order chi connectivity index (χ0) is 20.5. The van der Waals surface area contributed by atoms with Crippen LogP contribution < -0.4 is 11.2 Å². The van der Waals surface area contributed by atoms with Gasteiger partial charge in [0.2, 0.25) is 0 Å². The van der Waals surface area contributed by atoms with Crippen molar-refractivity contribution < 1.29 is 0 Å². The Morgan fingerprint density at radius 3 is 2.59 bits per heavy atom. The van der Waals surface area contributed by atoms with Crippen molar-refractivity contribution in [3.8, 4) is 17.2 Å². The summed E-state index contributed by atoms with van der Waals surface area (Å²) in [5.74, 6) is 0.432. The predicted octanol–water partition coefficient (Wildman–Crippen LogP) is 4.46. The lowest BCUT2D eigenvalue weighted by Crippen LogP contribution is -2.35. The van der Waals surface area contributed by atoms with Crippen LogP contribution in [0.15, 0.2) is 63.5 Å². The number of hydrogen-bond donors (Lipinski definition) is 1. The lowest BCUT2D eigenvalue weighted by molar-refractivity contribution is 0.713. The molecule has 4 rings (SSSR count). The molecule has 0 aliphatic heterocycles. The van der Waals surface area contributed by atoms with Crippen LogP contribution in [0.4, 0.5) is 0 Å². The van der Waals surface area contributed by atoms with Gasteiger partial charge in [-0.2, -0.15) is 5.26 Å². The minimum absolute atomic E-state index is 0.112. The maximum Gasteiger partial charge on any atom is 0.329 e. The van der Waals surface area contributed by atoms with E-state index in [-0.39, 0.29) is 12.1 Å². The summed E-state index contributed by atoms with van der Waals surface area (Å²) in [5.41, 5.74) is 3.45. The highest BCUT2D eigenvalue weighted by atomic mass is 32.1. The monoisotopic (exact) mass is 401 g/mol. The lowest BCUT2D eigenvalue weighted by Gasteiger charge is -2.08. The SMILES string of the molecule is CC(C)c1ccc(-c2csc3[nH]c(=O)n(Cc4cccc(C#N)c4)c(=O)c23)cc1. The summed E-state index contributed by atoms with van der Waals surface area (Å²) in [7, 11) is 0. The summed E-state index contributed by atoms with van der Waals surface area (Å²) < 4.78 is 1.19. The zero-order valence-corrected chi connectivity index (χ0v) is 16.9. The second-order valence-corrected chi connectivity index (χ2v) is 8.14. The largest absolute Gasteiger partial charge is 0.329 e. The van der Waals surface area contributed by atoms with Crippen molar-refractivity contribution in [3.05, 3.63) is 91.4 Å². The predicted molar refractivity (Wildman–Crippen MR) is 116 cm³/mol. The van der Waals surface area contributed by atoms with Gasteiger partial charge in [0.15, 0.2) is 0 Å². The number of thiophene rings is 1. The summed E-state index contributed by atoms with van der Waals surface area (Å²) in [6.45, 7) is 4.39. The Morgan fingerprint density at radius 1 is 1.14 bits per heavy atom. The fourth-order valence-corrected chi connectivity index (χ4v) is 4.33. The first-order chi connectivity index (χ1) is 14.0. The van der Waals surface area contributed by atoms with Crippen molar-refractivity contribution in [2.24, 2.45) is 0 Å². The molecule has 144 valence electrons. The van der Waals surface area contributed by atoms with Gasteiger partial charge in [-0.15, -0.1) is 11.3 Å². The third-order valence-corrected chi connectivity index (χ3v) is 5.90. The number of nitriles is 1. The van der Waals surface area contributed by atoms with Crippen molar-refractivity contribution >= 4 is 21.6 Å². The average molecular weight is 401 g/mol. The molecule has 29 heavy (non-hydrogen) atoms. The summed E-state index contributed by atoms with van der Waals surface area (Å²) in [6.07, 6.45) is 0. The molecule has 0 saturated carbocycles. The number of rotatable bonds is 4. The van der Waals surface area contributed by atoms with E-state index in [1.807, 2.05) is 17.5 Å². The Balaban J connectivity index is 1.83. The van der Waals surface area contributed by atoms with E-state index in [4.69, 9.17) is 5.26 Å². The van der Waals surface area contributed by atoms with Crippen LogP contribution in [-0.4, -0.2) is 9.55 Å². The molecule has 0 amide bonds. The van der Waals surface area contributed by atoms with E-state index in [0.29, 0.717) is 21.7 Å². The van der Waals surface area contributed by atoms with E-state index in [1.165, 1.54) is 21.5 Å². The highest BCUT2D eigenvalue weighted by Crippen LogP contribution is 2.31. The average Bonchev–Trinajstić information content (AvgIpc) is 3.15. The Bertz CT molecular complexity index is 1350. The number of H-pyrrole nitrogens is 1. The second kappa shape index (κ2) is 7.53. The maximum absolute atomic E-state index is 13.2. The molecule has 0 spiro atoms. The zero-order valence-electron chi connectivity index (χ0n) is 16.1. The van der Waals surface area contributed by atoms with Crippen LogP contribution >= 0.6 is 11.3 Å². The Labute approximate surface area is 171 Å². The summed E-state index contributed by atoms with van der Waals surface area (Å²) >= 11 is 1.36. The lowest BCUT2D eigenvalue weighted by atomic mass is 9.99. The topological polar surface area (TPSA) is 78.7 Å². The van der Waals surface area contributed by atoms with Gasteiger partial charge in [-0.25, -0.2) is 4.79 Å². The molecular weight excluding hydrogens is 382 g/mol. The fourth-order valence-electron chi connectivity index (χ4n) is 3.38. The number of aromatic nitrogens is 2. The van der Waals surface area contributed by atoms with Crippen molar-refractivity contribution in [2.75, 3.05) is 0 Å². The highest BCUT2D eigenvalue weighted by molar-refractivity contribution is 7.17. The van der Waals surface area contributed by atoms with Gasteiger partial charge < -0.3 is 0 Å². The van der Waals surface area contributed by atoms with E-state index in [2.05, 4.69) is 37.0 Å². The summed E-state index contributed by atoms with van der Waals surface area (Å²) in [5, 5.41) is 11.5. The minimum Gasteiger partial charge on any atom is -0.298 e. The first-order valence-electron chi connectivity index (χ1n) is 9.31. The molecule has 6 heteroatoms. The van der Waals surface area contributed by atoms with Crippen LogP contribution in [0.3, 0.4) is 0 Å². The summed E-state index contributed by atoms with van der Waals surface area (Å²) in [6, 6.07) is 17.2. The molecule has 1 N–H and O–H groups in total. The standard InChI is InChI=1S/C23H19N3O2S/c1-14(2)17-6-8-18(9-7-17)19-13-29-21-20(19)22(27)26(23(28)25-21)12-16-5-3-4-15(10-16)11-24/h3-10,13-14H,12H2,1-2H3,(H,25,28).